The molecule has 1 aliphatic rings. The maximum Gasteiger partial charge on any atom is 0.233 e. The van der Waals surface area contributed by atoms with Gasteiger partial charge in [0.15, 0.2) is 0 Å². The number of carbonyl (C=O) groups is 2. The number of nitrogens with one attached hydrogen (secondary N) is 1. The fraction of sp³-hybridized carbons (Fsp3) is 0.333. The number of hydrogen-bond donors (Lipinski definition) is 1. The summed E-state index contributed by atoms with van der Waals surface area (Å²) in [5.41, 5.74) is 1.87. The number of methoxy groups -OCH3 is 1. The van der Waals surface area contributed by atoms with Gasteiger partial charge in [-0.2, -0.15) is 0 Å². The lowest BCUT2D eigenvalue weighted by molar-refractivity contribution is -0.129. The van der Waals surface area contributed by atoms with E-state index in [2.05, 4.69) is 5.32 Å². The minimum Gasteiger partial charge on any atom is -0.497 e. The molecule has 5 nitrogen and oxygen atoms in total. The number of benzene rings is 2. The number of carbonyl (C=O) groups excluding carboxylic acids is 2. The highest BCUT2D eigenvalue weighted by Gasteiger charge is 2.32. The number of hydrogen-bond acceptors (Lipinski definition) is 4. The second kappa shape index (κ2) is 8.95. The summed E-state index contributed by atoms with van der Waals surface area (Å²) in [4.78, 5) is 26.8. The molecular weight excluding hydrogens is 360 g/mol. The van der Waals surface area contributed by atoms with E-state index in [0.717, 1.165) is 34.7 Å². The molecule has 0 heterocycles. The van der Waals surface area contributed by atoms with Crippen molar-refractivity contribution in [2.75, 3.05) is 18.2 Å². The van der Waals surface area contributed by atoms with Gasteiger partial charge in [-0.1, -0.05) is 12.1 Å². The van der Waals surface area contributed by atoms with E-state index in [-0.39, 0.29) is 11.8 Å². The Balaban J connectivity index is 1.56. The number of nitrogens with zero attached hydrogens (tertiary/aromatic N) is 1. The van der Waals surface area contributed by atoms with E-state index in [1.165, 1.54) is 18.7 Å². The lowest BCUT2D eigenvalue weighted by Gasteiger charge is -2.22. The third kappa shape index (κ3) is 5.76. The Bertz CT molecular complexity index is 786. The fourth-order valence-electron chi connectivity index (χ4n) is 2.80. The van der Waals surface area contributed by atoms with E-state index < -0.39 is 0 Å². The first kappa shape index (κ1) is 19.3. The Hall–Kier alpha value is -2.47. The summed E-state index contributed by atoms with van der Waals surface area (Å²) in [7, 11) is 1.65. The summed E-state index contributed by atoms with van der Waals surface area (Å²) in [6, 6.07) is 15.8. The van der Waals surface area contributed by atoms with Gasteiger partial charge in [0.1, 0.15) is 5.75 Å². The molecule has 142 valence electrons. The van der Waals surface area contributed by atoms with Crippen LogP contribution in [0.15, 0.2) is 53.4 Å². The molecule has 6 heteroatoms. The molecule has 1 fully saturated rings. The van der Waals surface area contributed by atoms with Crippen LogP contribution in [0.2, 0.25) is 0 Å². The number of rotatable bonds is 8. The average molecular weight is 385 g/mol. The van der Waals surface area contributed by atoms with Gasteiger partial charge in [0.05, 0.1) is 12.9 Å². The number of ether oxygens (including phenoxy) is 1. The summed E-state index contributed by atoms with van der Waals surface area (Å²) in [6.07, 6.45) is 2.16. The predicted molar refractivity (Wildman–Crippen MR) is 108 cm³/mol. The van der Waals surface area contributed by atoms with Gasteiger partial charge in [-0.15, -0.1) is 11.8 Å². The Morgan fingerprint density at radius 3 is 2.33 bits per heavy atom. The molecule has 2 aromatic carbocycles. The van der Waals surface area contributed by atoms with Crippen LogP contribution in [0.4, 0.5) is 5.69 Å². The van der Waals surface area contributed by atoms with Gasteiger partial charge < -0.3 is 15.0 Å². The molecule has 0 spiro atoms. The minimum atomic E-state index is -0.0933. The van der Waals surface area contributed by atoms with Crippen LogP contribution in [0.5, 0.6) is 5.75 Å². The van der Waals surface area contributed by atoms with Gasteiger partial charge >= 0.3 is 0 Å². The van der Waals surface area contributed by atoms with Crippen LogP contribution in [0.3, 0.4) is 0 Å². The van der Waals surface area contributed by atoms with Crippen LogP contribution < -0.4 is 10.1 Å². The van der Waals surface area contributed by atoms with Crippen LogP contribution in [-0.4, -0.2) is 35.6 Å². The van der Waals surface area contributed by atoms with Crippen molar-refractivity contribution in [2.24, 2.45) is 0 Å². The van der Waals surface area contributed by atoms with Crippen molar-refractivity contribution in [1.82, 2.24) is 4.90 Å². The van der Waals surface area contributed by atoms with Crippen LogP contribution in [0, 0.1) is 0 Å². The molecule has 1 aliphatic carbocycles. The van der Waals surface area contributed by atoms with Crippen LogP contribution >= 0.6 is 11.8 Å². The zero-order valence-corrected chi connectivity index (χ0v) is 16.4. The highest BCUT2D eigenvalue weighted by Crippen LogP contribution is 2.30. The van der Waals surface area contributed by atoms with Crippen molar-refractivity contribution in [3.8, 4) is 5.75 Å². The maximum atomic E-state index is 12.8. The Kier molecular flexibility index (Phi) is 6.40. The maximum absolute atomic E-state index is 12.8. The molecule has 0 atom stereocenters. The molecule has 0 radical (unpaired) electrons. The Morgan fingerprint density at radius 2 is 1.78 bits per heavy atom. The van der Waals surface area contributed by atoms with Gasteiger partial charge in [0.2, 0.25) is 11.8 Å². The SMILES string of the molecule is COc1ccc(CN(C(=O)CSc2ccc(NC(C)=O)cc2)C2CC2)cc1. The molecule has 0 saturated heterocycles. The van der Waals surface area contributed by atoms with Gasteiger partial charge in [-0.25, -0.2) is 0 Å². The highest BCUT2D eigenvalue weighted by atomic mass is 32.2. The first-order chi connectivity index (χ1) is 13.0. The summed E-state index contributed by atoms with van der Waals surface area (Å²) in [5, 5.41) is 2.74. The van der Waals surface area contributed by atoms with Crippen molar-refractivity contribution in [1.29, 1.82) is 0 Å². The zero-order valence-electron chi connectivity index (χ0n) is 15.6. The molecule has 0 bridgehead atoms. The Labute approximate surface area is 164 Å². The van der Waals surface area contributed by atoms with E-state index in [9.17, 15) is 9.59 Å². The first-order valence-electron chi connectivity index (χ1n) is 8.98. The van der Waals surface area contributed by atoms with Gasteiger partial charge in [0, 0.05) is 30.1 Å². The standard InChI is InChI=1S/C21H24N2O3S/c1-15(24)22-17-5-11-20(12-6-17)27-14-21(25)23(18-7-8-18)13-16-3-9-19(26-2)10-4-16/h3-6,9-12,18H,7-8,13-14H2,1-2H3,(H,22,24). The van der Waals surface area contributed by atoms with Crippen LogP contribution in [0.25, 0.3) is 0 Å². The highest BCUT2D eigenvalue weighted by molar-refractivity contribution is 8.00. The molecule has 1 saturated carbocycles. The van der Waals surface area contributed by atoms with Crippen LogP contribution in [-0.2, 0) is 16.1 Å². The Morgan fingerprint density at radius 1 is 1.11 bits per heavy atom. The molecule has 0 unspecified atom stereocenters. The van der Waals surface area contributed by atoms with Gasteiger partial charge in [-0.3, -0.25) is 9.59 Å². The molecule has 27 heavy (non-hydrogen) atoms. The quantitative estimate of drug-likeness (QED) is 0.701. The number of amides is 2. The minimum absolute atomic E-state index is 0.0933. The lowest BCUT2D eigenvalue weighted by Crippen LogP contribution is -2.33. The number of thioether (sulfide) groups is 1. The summed E-state index contributed by atoms with van der Waals surface area (Å²) >= 11 is 1.52. The van der Waals surface area contributed by atoms with E-state index in [0.29, 0.717) is 18.3 Å². The van der Waals surface area contributed by atoms with E-state index in [1.807, 2.05) is 53.4 Å². The topological polar surface area (TPSA) is 58.6 Å². The molecule has 2 aromatic rings. The smallest absolute Gasteiger partial charge is 0.233 e. The first-order valence-corrected chi connectivity index (χ1v) is 9.96. The fourth-order valence-corrected chi connectivity index (χ4v) is 3.58. The van der Waals surface area contributed by atoms with Crippen LogP contribution in [0.1, 0.15) is 25.3 Å². The third-order valence-corrected chi connectivity index (χ3v) is 5.35. The second-order valence-corrected chi connectivity index (χ2v) is 7.64. The number of anilines is 1. The molecule has 3 rings (SSSR count). The summed E-state index contributed by atoms with van der Waals surface area (Å²) < 4.78 is 5.19. The largest absolute Gasteiger partial charge is 0.497 e. The second-order valence-electron chi connectivity index (χ2n) is 6.60. The summed E-state index contributed by atoms with van der Waals surface area (Å²) in [6.45, 7) is 2.12. The van der Waals surface area contributed by atoms with E-state index in [1.54, 1.807) is 7.11 Å². The van der Waals surface area contributed by atoms with E-state index >= 15 is 0 Å². The third-order valence-electron chi connectivity index (χ3n) is 4.36. The van der Waals surface area contributed by atoms with Crippen molar-refractivity contribution < 1.29 is 14.3 Å². The molecule has 2 amide bonds. The molecule has 1 N–H and O–H groups in total. The average Bonchev–Trinajstić information content (AvgIpc) is 3.50. The monoisotopic (exact) mass is 384 g/mol. The zero-order chi connectivity index (χ0) is 19.2. The van der Waals surface area contributed by atoms with Gasteiger partial charge in [0.25, 0.3) is 0 Å². The molecule has 0 aliphatic heterocycles. The van der Waals surface area contributed by atoms with Crippen molar-refractivity contribution in [2.45, 2.75) is 37.2 Å². The summed E-state index contributed by atoms with van der Waals surface area (Å²) in [5.74, 6) is 1.29. The van der Waals surface area contributed by atoms with Gasteiger partial charge in [-0.05, 0) is 54.8 Å². The van der Waals surface area contributed by atoms with Crippen molar-refractivity contribution in [3.05, 3.63) is 54.1 Å². The van der Waals surface area contributed by atoms with E-state index in [4.69, 9.17) is 4.74 Å². The van der Waals surface area contributed by atoms with Crippen molar-refractivity contribution >= 4 is 29.3 Å². The predicted octanol–water partition coefficient (Wildman–Crippen LogP) is 3.94. The molecule has 0 aromatic heterocycles. The lowest BCUT2D eigenvalue weighted by atomic mass is 10.2. The van der Waals surface area contributed by atoms with Crippen molar-refractivity contribution in [3.63, 3.8) is 0 Å². The molecular formula is C21H24N2O3S. The normalized spacial score (nSPS) is 13.1.